The molecule has 0 aliphatic carbocycles. The molecule has 3 rings (SSSR count). The Morgan fingerprint density at radius 2 is 0.889 bits per heavy atom. The molecule has 0 N–H and O–H groups in total. The van der Waals surface area contributed by atoms with Crippen molar-refractivity contribution in [1.29, 1.82) is 0 Å². The lowest BCUT2D eigenvalue weighted by atomic mass is 9.87. The fourth-order valence-electron chi connectivity index (χ4n) is 4.95. The fraction of sp³-hybridized carbons (Fsp3) is 0.441. The maximum Gasteiger partial charge on any atom is 0.311 e. The molecule has 192 valence electrons. The van der Waals surface area contributed by atoms with Crippen molar-refractivity contribution in [1.82, 2.24) is 0 Å². The summed E-state index contributed by atoms with van der Waals surface area (Å²) in [5, 5.41) is 0. The molecule has 0 atom stereocenters. The van der Waals surface area contributed by atoms with E-state index in [1.165, 1.54) is 81.8 Å². The van der Waals surface area contributed by atoms with E-state index in [9.17, 15) is 4.79 Å². The van der Waals surface area contributed by atoms with Crippen LogP contribution in [0.1, 0.15) is 107 Å². The zero-order chi connectivity index (χ0) is 25.1. The van der Waals surface area contributed by atoms with Gasteiger partial charge in [-0.05, 0) is 36.1 Å². The first-order chi connectivity index (χ1) is 17.8. The summed E-state index contributed by atoms with van der Waals surface area (Å²) in [5.74, 6) is 1.05. The molecule has 0 aliphatic heterocycles. The summed E-state index contributed by atoms with van der Waals surface area (Å²) in [6, 6.07) is 31.3. The molecule has 0 radical (unpaired) electrons. The van der Waals surface area contributed by atoms with E-state index in [1.54, 1.807) is 0 Å². The van der Waals surface area contributed by atoms with Gasteiger partial charge < -0.3 is 4.74 Å². The standard InChI is InChI=1S/C34H44O2/c35-34(36-32-26-18-13-19-27-32)29-21-10-8-6-4-2-1-3-5-7-9-20-28-33(30-22-14-11-15-23-30)31-24-16-12-17-25-31/h11-19,22-27,33H,1-10,20-21,28-29H2. The van der Waals surface area contributed by atoms with Gasteiger partial charge in [0.2, 0.25) is 0 Å². The maximum atomic E-state index is 11.9. The second-order valence-corrected chi connectivity index (χ2v) is 9.94. The van der Waals surface area contributed by atoms with E-state index in [-0.39, 0.29) is 5.97 Å². The summed E-state index contributed by atoms with van der Waals surface area (Å²) in [6.45, 7) is 0. The van der Waals surface area contributed by atoms with E-state index < -0.39 is 0 Å². The first-order valence-corrected chi connectivity index (χ1v) is 14.2. The first kappa shape index (κ1) is 27.7. The lowest BCUT2D eigenvalue weighted by Gasteiger charge is -2.18. The minimum absolute atomic E-state index is 0.114. The molecule has 0 bridgehead atoms. The quantitative estimate of drug-likeness (QED) is 0.102. The van der Waals surface area contributed by atoms with Crippen LogP contribution in [0.25, 0.3) is 0 Å². The van der Waals surface area contributed by atoms with Gasteiger partial charge >= 0.3 is 5.97 Å². The number of unbranched alkanes of at least 4 members (excludes halogenated alkanes) is 11. The molecule has 3 aromatic rings. The van der Waals surface area contributed by atoms with Gasteiger partial charge in [0.05, 0.1) is 0 Å². The summed E-state index contributed by atoms with van der Waals surface area (Å²) in [7, 11) is 0. The number of ether oxygens (including phenoxy) is 1. The Labute approximate surface area is 219 Å². The minimum Gasteiger partial charge on any atom is -0.427 e. The largest absolute Gasteiger partial charge is 0.427 e. The summed E-state index contributed by atoms with van der Waals surface area (Å²) < 4.78 is 5.33. The Hall–Kier alpha value is -2.87. The van der Waals surface area contributed by atoms with Crippen molar-refractivity contribution in [2.45, 2.75) is 95.8 Å². The Morgan fingerprint density at radius 3 is 1.36 bits per heavy atom. The fourth-order valence-corrected chi connectivity index (χ4v) is 4.95. The minimum atomic E-state index is -0.114. The number of hydrogen-bond acceptors (Lipinski definition) is 2. The molecule has 0 heterocycles. The molecule has 0 unspecified atom stereocenters. The number of para-hydroxylation sites is 1. The Balaban J connectivity index is 1.14. The summed E-state index contributed by atoms with van der Waals surface area (Å²) in [6.07, 6.45) is 17.1. The van der Waals surface area contributed by atoms with E-state index in [1.807, 2.05) is 30.3 Å². The van der Waals surface area contributed by atoms with Crippen molar-refractivity contribution < 1.29 is 9.53 Å². The van der Waals surface area contributed by atoms with E-state index in [2.05, 4.69) is 60.7 Å². The Bertz CT molecular complexity index is 897. The van der Waals surface area contributed by atoms with Crippen LogP contribution in [0.15, 0.2) is 91.0 Å². The normalized spacial score (nSPS) is 11.0. The number of carbonyl (C=O) groups excluding carboxylic acids is 1. The number of esters is 1. The highest BCUT2D eigenvalue weighted by Gasteiger charge is 2.13. The highest BCUT2D eigenvalue weighted by molar-refractivity contribution is 5.72. The SMILES string of the molecule is O=C(CCCCCCCCCCCCCCC(c1ccccc1)c1ccccc1)Oc1ccccc1. The predicted molar refractivity (Wildman–Crippen MR) is 151 cm³/mol. The van der Waals surface area contributed by atoms with Crippen molar-refractivity contribution in [3.63, 3.8) is 0 Å². The van der Waals surface area contributed by atoms with E-state index in [0.29, 0.717) is 18.1 Å². The van der Waals surface area contributed by atoms with Gasteiger partial charge in [-0.25, -0.2) is 0 Å². The molecule has 2 heteroatoms. The van der Waals surface area contributed by atoms with Crippen LogP contribution in [0.2, 0.25) is 0 Å². The van der Waals surface area contributed by atoms with Gasteiger partial charge in [0, 0.05) is 12.3 Å². The molecule has 0 aliphatic rings. The van der Waals surface area contributed by atoms with E-state index in [4.69, 9.17) is 4.74 Å². The third-order valence-corrected chi connectivity index (χ3v) is 7.00. The van der Waals surface area contributed by atoms with Crippen LogP contribution in [0, 0.1) is 0 Å². The number of benzene rings is 3. The van der Waals surface area contributed by atoms with Gasteiger partial charge in [-0.3, -0.25) is 4.79 Å². The van der Waals surface area contributed by atoms with Crippen molar-refractivity contribution in [3.8, 4) is 5.75 Å². The van der Waals surface area contributed by atoms with Gasteiger partial charge in [-0.1, -0.05) is 149 Å². The molecule has 0 fully saturated rings. The van der Waals surface area contributed by atoms with Crippen LogP contribution in [-0.4, -0.2) is 5.97 Å². The second kappa shape index (κ2) is 17.5. The van der Waals surface area contributed by atoms with Crippen molar-refractivity contribution >= 4 is 5.97 Å². The summed E-state index contributed by atoms with van der Waals surface area (Å²) >= 11 is 0. The van der Waals surface area contributed by atoms with Crippen LogP contribution >= 0.6 is 0 Å². The van der Waals surface area contributed by atoms with Crippen molar-refractivity contribution in [3.05, 3.63) is 102 Å². The first-order valence-electron chi connectivity index (χ1n) is 14.2. The molecular formula is C34H44O2. The number of rotatable bonds is 18. The van der Waals surface area contributed by atoms with Crippen LogP contribution < -0.4 is 4.74 Å². The zero-order valence-electron chi connectivity index (χ0n) is 22.0. The average molecular weight is 485 g/mol. The third kappa shape index (κ3) is 11.2. The maximum absolute atomic E-state index is 11.9. The van der Waals surface area contributed by atoms with Gasteiger partial charge in [0.1, 0.15) is 5.75 Å². The van der Waals surface area contributed by atoms with E-state index in [0.717, 1.165) is 12.8 Å². The molecule has 3 aromatic carbocycles. The van der Waals surface area contributed by atoms with Crippen molar-refractivity contribution in [2.24, 2.45) is 0 Å². The highest BCUT2D eigenvalue weighted by atomic mass is 16.5. The molecule has 2 nitrogen and oxygen atoms in total. The average Bonchev–Trinajstić information content (AvgIpc) is 2.92. The van der Waals surface area contributed by atoms with Crippen LogP contribution in [-0.2, 0) is 4.79 Å². The third-order valence-electron chi connectivity index (χ3n) is 7.00. The smallest absolute Gasteiger partial charge is 0.311 e. The molecule has 0 aromatic heterocycles. The van der Waals surface area contributed by atoms with Gasteiger partial charge in [-0.15, -0.1) is 0 Å². The molecule has 0 spiro atoms. The zero-order valence-corrected chi connectivity index (χ0v) is 22.0. The number of hydrogen-bond donors (Lipinski definition) is 0. The number of carbonyl (C=O) groups is 1. The van der Waals surface area contributed by atoms with Crippen LogP contribution in [0.5, 0.6) is 5.75 Å². The summed E-state index contributed by atoms with van der Waals surface area (Å²) in [5.41, 5.74) is 2.88. The lowest BCUT2D eigenvalue weighted by molar-refractivity contribution is -0.134. The second-order valence-electron chi connectivity index (χ2n) is 9.94. The van der Waals surface area contributed by atoms with Gasteiger partial charge in [0.15, 0.2) is 0 Å². The lowest BCUT2D eigenvalue weighted by Crippen LogP contribution is -2.07. The predicted octanol–water partition coefficient (Wildman–Crippen LogP) is 9.89. The molecule has 0 saturated carbocycles. The van der Waals surface area contributed by atoms with Crippen LogP contribution in [0.4, 0.5) is 0 Å². The Morgan fingerprint density at radius 1 is 0.500 bits per heavy atom. The monoisotopic (exact) mass is 484 g/mol. The molecular weight excluding hydrogens is 440 g/mol. The molecule has 36 heavy (non-hydrogen) atoms. The highest BCUT2D eigenvalue weighted by Crippen LogP contribution is 2.30. The Kier molecular flexibility index (Phi) is 13.5. The topological polar surface area (TPSA) is 26.3 Å². The van der Waals surface area contributed by atoms with Crippen LogP contribution in [0.3, 0.4) is 0 Å². The van der Waals surface area contributed by atoms with Crippen molar-refractivity contribution in [2.75, 3.05) is 0 Å². The molecule has 0 amide bonds. The van der Waals surface area contributed by atoms with E-state index >= 15 is 0 Å². The summed E-state index contributed by atoms with van der Waals surface area (Å²) in [4.78, 5) is 11.9. The molecule has 0 saturated heterocycles. The van der Waals surface area contributed by atoms with Gasteiger partial charge in [-0.2, -0.15) is 0 Å². The van der Waals surface area contributed by atoms with Gasteiger partial charge in [0.25, 0.3) is 0 Å².